The fraction of sp³-hybridized carbons (Fsp3) is 0.667. The molecule has 96 valence electrons. The lowest BCUT2D eigenvalue weighted by Crippen LogP contribution is -2.35. The van der Waals surface area contributed by atoms with Gasteiger partial charge >= 0.3 is 5.97 Å². The number of nitrogens with zero attached hydrogens (tertiary/aromatic N) is 1. The van der Waals surface area contributed by atoms with Crippen LogP contribution in [0.4, 0.5) is 0 Å². The highest BCUT2D eigenvalue weighted by molar-refractivity contribution is 5.86. The minimum atomic E-state index is -0.842. The molecule has 2 N–H and O–H groups in total. The summed E-state index contributed by atoms with van der Waals surface area (Å²) in [5.74, 6) is -0.850. The number of likely N-dealkylation sites (tertiary alicyclic amines) is 1. The van der Waals surface area contributed by atoms with E-state index in [2.05, 4.69) is 10.2 Å². The predicted molar refractivity (Wildman–Crippen MR) is 64.7 cm³/mol. The first-order chi connectivity index (χ1) is 8.02. The highest BCUT2D eigenvalue weighted by atomic mass is 16.4. The zero-order chi connectivity index (χ0) is 12.8. The molecule has 1 saturated heterocycles. The van der Waals surface area contributed by atoms with E-state index in [4.69, 9.17) is 5.11 Å². The van der Waals surface area contributed by atoms with Crippen molar-refractivity contribution in [1.82, 2.24) is 10.2 Å². The number of nitrogens with one attached hydrogen (secondary N) is 1. The number of amides is 1. The molecule has 0 aromatic rings. The van der Waals surface area contributed by atoms with Crippen molar-refractivity contribution >= 4 is 11.9 Å². The largest absolute Gasteiger partial charge is 0.478 e. The average molecular weight is 240 g/mol. The Balaban J connectivity index is 2.40. The summed E-state index contributed by atoms with van der Waals surface area (Å²) < 4.78 is 0. The summed E-state index contributed by atoms with van der Waals surface area (Å²) in [6.45, 7) is 5.70. The van der Waals surface area contributed by atoms with Gasteiger partial charge in [-0.05, 0) is 12.8 Å². The molecule has 1 aliphatic rings. The molecule has 0 aromatic heterocycles. The van der Waals surface area contributed by atoms with Crippen LogP contribution in [0.25, 0.3) is 0 Å². The molecule has 0 aromatic carbocycles. The van der Waals surface area contributed by atoms with Crippen molar-refractivity contribution < 1.29 is 14.7 Å². The van der Waals surface area contributed by atoms with Crippen molar-refractivity contribution in [3.05, 3.63) is 11.6 Å². The first-order valence-electron chi connectivity index (χ1n) is 5.94. The lowest BCUT2D eigenvalue weighted by molar-refractivity contribution is -0.132. The Hall–Kier alpha value is -1.36. The zero-order valence-corrected chi connectivity index (χ0v) is 10.4. The van der Waals surface area contributed by atoms with Gasteiger partial charge in [0.05, 0.1) is 0 Å². The minimum absolute atomic E-state index is 0.00725. The van der Waals surface area contributed by atoms with Crippen molar-refractivity contribution in [3.8, 4) is 0 Å². The van der Waals surface area contributed by atoms with E-state index in [9.17, 15) is 9.59 Å². The van der Waals surface area contributed by atoms with Gasteiger partial charge in [0.15, 0.2) is 0 Å². The maximum Gasteiger partial charge on any atom is 0.331 e. The van der Waals surface area contributed by atoms with E-state index in [1.807, 2.05) is 6.92 Å². The van der Waals surface area contributed by atoms with Gasteiger partial charge in [0.2, 0.25) is 5.91 Å². The Labute approximate surface area is 101 Å². The second kappa shape index (κ2) is 6.39. The fourth-order valence-corrected chi connectivity index (χ4v) is 2.03. The zero-order valence-electron chi connectivity index (χ0n) is 10.4. The third-order valence-corrected chi connectivity index (χ3v) is 2.93. The number of carboxylic acid groups (broad SMARTS) is 1. The Morgan fingerprint density at radius 2 is 2.24 bits per heavy atom. The molecule has 0 spiro atoms. The van der Waals surface area contributed by atoms with E-state index >= 15 is 0 Å². The number of carbonyl (C=O) groups is 2. The maximum absolute atomic E-state index is 10.9. The van der Waals surface area contributed by atoms with Gasteiger partial charge in [0, 0.05) is 38.2 Å². The molecule has 1 fully saturated rings. The number of hydrogen-bond donors (Lipinski definition) is 2. The van der Waals surface area contributed by atoms with E-state index in [-0.39, 0.29) is 11.9 Å². The molecule has 0 bridgehead atoms. The van der Waals surface area contributed by atoms with Crippen molar-refractivity contribution in [2.75, 3.05) is 19.6 Å². The molecule has 1 unspecified atom stereocenters. The highest BCUT2D eigenvalue weighted by Crippen LogP contribution is 2.10. The number of carbonyl (C=O) groups excluding carboxylic acids is 1. The fourth-order valence-electron chi connectivity index (χ4n) is 2.03. The van der Waals surface area contributed by atoms with Crippen molar-refractivity contribution in [1.29, 1.82) is 0 Å². The number of aliphatic carboxylic acids is 1. The van der Waals surface area contributed by atoms with E-state index in [1.54, 1.807) is 6.08 Å². The molecular formula is C12H20N2O3. The van der Waals surface area contributed by atoms with Crippen LogP contribution in [0.3, 0.4) is 0 Å². The van der Waals surface area contributed by atoms with Crippen LogP contribution in [-0.2, 0) is 9.59 Å². The Morgan fingerprint density at radius 1 is 1.53 bits per heavy atom. The predicted octanol–water partition coefficient (Wildman–Crippen LogP) is 0.618. The van der Waals surface area contributed by atoms with Crippen LogP contribution in [0.5, 0.6) is 0 Å². The molecule has 1 atom stereocenters. The topological polar surface area (TPSA) is 69.6 Å². The Bertz CT molecular complexity index is 326. The van der Waals surface area contributed by atoms with Crippen molar-refractivity contribution in [2.24, 2.45) is 0 Å². The molecule has 5 nitrogen and oxygen atoms in total. The lowest BCUT2D eigenvalue weighted by atomic mass is 10.2. The van der Waals surface area contributed by atoms with Crippen LogP contribution in [-0.4, -0.2) is 47.6 Å². The molecule has 1 amide bonds. The molecule has 1 rings (SSSR count). The van der Waals surface area contributed by atoms with E-state index in [0.717, 1.165) is 19.5 Å². The molecule has 5 heteroatoms. The Kier molecular flexibility index (Phi) is 5.15. The highest BCUT2D eigenvalue weighted by Gasteiger charge is 2.22. The Morgan fingerprint density at radius 3 is 2.76 bits per heavy atom. The standard InChI is InChI=1S/C12H20N2O3/c1-3-10(12(16)17)4-6-14-7-5-11(8-14)13-9(2)15/h4,11H,3,5-8H2,1-2H3,(H,13,15)(H,16,17). The smallest absolute Gasteiger partial charge is 0.331 e. The second-order valence-electron chi connectivity index (χ2n) is 4.33. The molecule has 17 heavy (non-hydrogen) atoms. The summed E-state index contributed by atoms with van der Waals surface area (Å²) in [6.07, 6.45) is 3.23. The van der Waals surface area contributed by atoms with E-state index < -0.39 is 5.97 Å². The van der Waals surface area contributed by atoms with Crippen LogP contribution < -0.4 is 5.32 Å². The minimum Gasteiger partial charge on any atom is -0.478 e. The van der Waals surface area contributed by atoms with Crippen molar-refractivity contribution in [2.45, 2.75) is 32.7 Å². The first-order valence-corrected chi connectivity index (χ1v) is 5.94. The van der Waals surface area contributed by atoms with Crippen molar-refractivity contribution in [3.63, 3.8) is 0 Å². The maximum atomic E-state index is 10.9. The van der Waals surface area contributed by atoms with Gasteiger partial charge in [0.1, 0.15) is 0 Å². The van der Waals surface area contributed by atoms with Gasteiger partial charge in [-0.15, -0.1) is 0 Å². The van der Waals surface area contributed by atoms with E-state index in [1.165, 1.54) is 6.92 Å². The quantitative estimate of drug-likeness (QED) is 0.691. The number of rotatable bonds is 5. The van der Waals surface area contributed by atoms with Crippen LogP contribution >= 0.6 is 0 Å². The summed E-state index contributed by atoms with van der Waals surface area (Å²) in [5.41, 5.74) is 0.452. The first kappa shape index (κ1) is 13.7. The summed E-state index contributed by atoms with van der Waals surface area (Å²) in [7, 11) is 0. The van der Waals surface area contributed by atoms with Gasteiger partial charge in [0.25, 0.3) is 0 Å². The molecule has 1 heterocycles. The van der Waals surface area contributed by atoms with Crippen LogP contribution in [0.15, 0.2) is 11.6 Å². The molecule has 0 aliphatic carbocycles. The normalized spacial score (nSPS) is 21.5. The third kappa shape index (κ3) is 4.56. The second-order valence-corrected chi connectivity index (χ2v) is 4.33. The van der Waals surface area contributed by atoms with Crippen LogP contribution in [0.1, 0.15) is 26.7 Å². The van der Waals surface area contributed by atoms with Gasteiger partial charge in [-0.2, -0.15) is 0 Å². The summed E-state index contributed by atoms with van der Waals surface area (Å²) in [6, 6.07) is 0.204. The number of carboxylic acids is 1. The third-order valence-electron chi connectivity index (χ3n) is 2.93. The summed E-state index contributed by atoms with van der Waals surface area (Å²) in [5, 5.41) is 11.8. The van der Waals surface area contributed by atoms with Gasteiger partial charge in [-0.3, -0.25) is 9.69 Å². The summed E-state index contributed by atoms with van der Waals surface area (Å²) >= 11 is 0. The molecule has 0 radical (unpaired) electrons. The van der Waals surface area contributed by atoms with Crippen LogP contribution in [0.2, 0.25) is 0 Å². The van der Waals surface area contributed by atoms with Crippen LogP contribution in [0, 0.1) is 0 Å². The van der Waals surface area contributed by atoms with Gasteiger partial charge < -0.3 is 10.4 Å². The monoisotopic (exact) mass is 240 g/mol. The average Bonchev–Trinajstić information content (AvgIpc) is 2.65. The SMILES string of the molecule is CCC(=CCN1CCC(NC(C)=O)C1)C(=O)O. The van der Waals surface area contributed by atoms with E-state index in [0.29, 0.717) is 18.5 Å². The molecule has 1 aliphatic heterocycles. The molecular weight excluding hydrogens is 220 g/mol. The summed E-state index contributed by atoms with van der Waals surface area (Å²) in [4.78, 5) is 23.8. The lowest BCUT2D eigenvalue weighted by Gasteiger charge is -2.14. The molecule has 0 saturated carbocycles. The number of hydrogen-bond acceptors (Lipinski definition) is 3. The van der Waals surface area contributed by atoms with Gasteiger partial charge in [-0.25, -0.2) is 4.79 Å². The van der Waals surface area contributed by atoms with Gasteiger partial charge in [-0.1, -0.05) is 13.0 Å².